The number of amides is 1. The SMILES string of the molecule is Cc1ccc(OCCN(C)C(=O)c2sc3nc(C)nc(C)c3c2C)cc1. The van der Waals surface area contributed by atoms with Crippen LogP contribution in [0.1, 0.15) is 32.3 Å². The van der Waals surface area contributed by atoms with Gasteiger partial charge in [-0.15, -0.1) is 11.3 Å². The highest BCUT2D eigenvalue weighted by atomic mass is 32.1. The average molecular weight is 369 g/mol. The number of aromatic nitrogens is 2. The van der Waals surface area contributed by atoms with Crippen molar-refractivity contribution in [2.24, 2.45) is 0 Å². The first kappa shape index (κ1) is 18.3. The third kappa shape index (κ3) is 3.70. The number of likely N-dealkylation sites (N-methyl/N-ethyl adjacent to an activating group) is 1. The summed E-state index contributed by atoms with van der Waals surface area (Å²) >= 11 is 1.44. The van der Waals surface area contributed by atoms with Gasteiger partial charge in [-0.1, -0.05) is 17.7 Å². The van der Waals surface area contributed by atoms with E-state index in [0.29, 0.717) is 13.2 Å². The van der Waals surface area contributed by atoms with Crippen molar-refractivity contribution in [1.29, 1.82) is 0 Å². The van der Waals surface area contributed by atoms with Gasteiger partial charge in [-0.2, -0.15) is 0 Å². The Bertz CT molecular complexity index is 948. The zero-order valence-electron chi connectivity index (χ0n) is 15.8. The molecule has 0 aliphatic rings. The number of hydrogen-bond acceptors (Lipinski definition) is 5. The van der Waals surface area contributed by atoms with Crippen LogP contribution in [-0.2, 0) is 0 Å². The Hall–Kier alpha value is -2.47. The number of carbonyl (C=O) groups is 1. The van der Waals surface area contributed by atoms with Crippen LogP contribution in [-0.4, -0.2) is 41.0 Å². The van der Waals surface area contributed by atoms with Gasteiger partial charge in [-0.05, 0) is 45.4 Å². The minimum absolute atomic E-state index is 0.00457. The molecule has 1 amide bonds. The molecule has 0 aliphatic heterocycles. The van der Waals surface area contributed by atoms with Crippen LogP contribution in [0, 0.1) is 27.7 Å². The third-order valence-electron chi connectivity index (χ3n) is 4.34. The quantitative estimate of drug-likeness (QED) is 0.680. The fraction of sp³-hybridized carbons (Fsp3) is 0.350. The molecule has 0 bridgehead atoms. The molecule has 0 spiro atoms. The van der Waals surface area contributed by atoms with E-state index in [1.807, 2.05) is 52.0 Å². The predicted molar refractivity (Wildman–Crippen MR) is 105 cm³/mol. The van der Waals surface area contributed by atoms with E-state index in [9.17, 15) is 4.79 Å². The van der Waals surface area contributed by atoms with Crippen molar-refractivity contribution < 1.29 is 9.53 Å². The van der Waals surface area contributed by atoms with Gasteiger partial charge in [0.05, 0.1) is 11.4 Å². The summed E-state index contributed by atoms with van der Waals surface area (Å²) in [7, 11) is 1.80. The molecule has 26 heavy (non-hydrogen) atoms. The summed E-state index contributed by atoms with van der Waals surface area (Å²) in [5.74, 6) is 1.54. The monoisotopic (exact) mass is 369 g/mol. The van der Waals surface area contributed by atoms with Crippen LogP contribution < -0.4 is 4.74 Å². The molecule has 0 saturated heterocycles. The smallest absolute Gasteiger partial charge is 0.264 e. The van der Waals surface area contributed by atoms with Crippen molar-refractivity contribution in [3.8, 4) is 5.75 Å². The number of benzene rings is 1. The van der Waals surface area contributed by atoms with E-state index in [0.717, 1.165) is 37.9 Å². The van der Waals surface area contributed by atoms with E-state index in [1.54, 1.807) is 11.9 Å². The summed E-state index contributed by atoms with van der Waals surface area (Å²) in [4.78, 5) is 25.0. The van der Waals surface area contributed by atoms with Gasteiger partial charge in [0.2, 0.25) is 0 Å². The highest BCUT2D eigenvalue weighted by molar-refractivity contribution is 7.20. The number of aryl methyl sites for hydroxylation is 4. The van der Waals surface area contributed by atoms with Crippen molar-refractivity contribution in [2.75, 3.05) is 20.2 Å². The molecule has 3 aromatic rings. The Labute approximate surface area is 157 Å². The van der Waals surface area contributed by atoms with E-state index >= 15 is 0 Å². The summed E-state index contributed by atoms with van der Waals surface area (Å²) in [6.07, 6.45) is 0. The number of rotatable bonds is 5. The Morgan fingerprint density at radius 2 is 1.81 bits per heavy atom. The summed E-state index contributed by atoms with van der Waals surface area (Å²) in [5, 5.41) is 0.994. The summed E-state index contributed by atoms with van der Waals surface area (Å²) < 4.78 is 5.73. The van der Waals surface area contributed by atoms with Gasteiger partial charge in [0.1, 0.15) is 23.0 Å². The van der Waals surface area contributed by atoms with E-state index in [-0.39, 0.29) is 5.91 Å². The summed E-state index contributed by atoms with van der Waals surface area (Å²) in [6, 6.07) is 7.90. The van der Waals surface area contributed by atoms with Crippen molar-refractivity contribution in [1.82, 2.24) is 14.9 Å². The summed E-state index contributed by atoms with van der Waals surface area (Å²) in [6.45, 7) is 8.81. The molecule has 0 radical (unpaired) electrons. The average Bonchev–Trinajstić information content (AvgIpc) is 2.92. The molecule has 136 valence electrons. The van der Waals surface area contributed by atoms with Gasteiger partial charge in [-0.25, -0.2) is 9.97 Å². The Morgan fingerprint density at radius 3 is 2.50 bits per heavy atom. The maximum absolute atomic E-state index is 12.9. The zero-order valence-corrected chi connectivity index (χ0v) is 16.6. The molecule has 2 aromatic heterocycles. The van der Waals surface area contributed by atoms with Crippen molar-refractivity contribution in [3.63, 3.8) is 0 Å². The molecule has 6 heteroatoms. The van der Waals surface area contributed by atoms with Crippen molar-refractivity contribution in [3.05, 3.63) is 51.8 Å². The van der Waals surface area contributed by atoms with Crippen LogP contribution in [0.3, 0.4) is 0 Å². The van der Waals surface area contributed by atoms with Gasteiger partial charge in [-0.3, -0.25) is 4.79 Å². The first-order valence-corrected chi connectivity index (χ1v) is 9.37. The van der Waals surface area contributed by atoms with Gasteiger partial charge in [0.25, 0.3) is 5.91 Å². The normalized spacial score (nSPS) is 11.0. The van der Waals surface area contributed by atoms with Crippen molar-refractivity contribution >= 4 is 27.5 Å². The van der Waals surface area contributed by atoms with Gasteiger partial charge < -0.3 is 9.64 Å². The first-order chi connectivity index (χ1) is 12.4. The molecule has 0 saturated carbocycles. The van der Waals surface area contributed by atoms with Crippen LogP contribution in [0.4, 0.5) is 0 Å². The number of ether oxygens (including phenoxy) is 1. The van der Waals surface area contributed by atoms with Crippen LogP contribution in [0.15, 0.2) is 24.3 Å². The molecule has 1 aromatic carbocycles. The van der Waals surface area contributed by atoms with Crippen LogP contribution >= 0.6 is 11.3 Å². The van der Waals surface area contributed by atoms with E-state index in [4.69, 9.17) is 4.74 Å². The van der Waals surface area contributed by atoms with Gasteiger partial charge in [0.15, 0.2) is 0 Å². The Kier molecular flexibility index (Phi) is 5.23. The standard InChI is InChI=1S/C20H23N3O2S/c1-12-6-8-16(9-7-12)25-11-10-23(5)20(24)18-13(2)17-14(3)21-15(4)22-19(17)26-18/h6-9H,10-11H2,1-5H3. The van der Waals surface area contributed by atoms with Crippen molar-refractivity contribution in [2.45, 2.75) is 27.7 Å². The predicted octanol–water partition coefficient (Wildman–Crippen LogP) is 4.08. The lowest BCUT2D eigenvalue weighted by atomic mass is 10.1. The molecular weight excluding hydrogens is 346 g/mol. The highest BCUT2D eigenvalue weighted by Crippen LogP contribution is 2.31. The van der Waals surface area contributed by atoms with Crippen LogP contribution in [0.5, 0.6) is 5.75 Å². The molecule has 0 unspecified atom stereocenters. The zero-order chi connectivity index (χ0) is 18.8. The second-order valence-corrected chi connectivity index (χ2v) is 7.48. The Morgan fingerprint density at radius 1 is 1.12 bits per heavy atom. The maximum atomic E-state index is 12.9. The van der Waals surface area contributed by atoms with Crippen LogP contribution in [0.2, 0.25) is 0 Å². The van der Waals surface area contributed by atoms with Crippen LogP contribution in [0.25, 0.3) is 10.2 Å². The highest BCUT2D eigenvalue weighted by Gasteiger charge is 2.21. The minimum Gasteiger partial charge on any atom is -0.492 e. The lowest BCUT2D eigenvalue weighted by Gasteiger charge is -2.17. The maximum Gasteiger partial charge on any atom is 0.264 e. The fourth-order valence-electron chi connectivity index (χ4n) is 2.89. The molecule has 5 nitrogen and oxygen atoms in total. The Balaban J connectivity index is 1.70. The molecule has 0 N–H and O–H groups in total. The second kappa shape index (κ2) is 7.41. The lowest BCUT2D eigenvalue weighted by molar-refractivity contribution is 0.0778. The van der Waals surface area contributed by atoms with E-state index in [1.165, 1.54) is 16.9 Å². The first-order valence-electron chi connectivity index (χ1n) is 8.56. The van der Waals surface area contributed by atoms with Gasteiger partial charge >= 0.3 is 0 Å². The summed E-state index contributed by atoms with van der Waals surface area (Å²) in [5.41, 5.74) is 3.07. The number of carbonyl (C=O) groups excluding carboxylic acids is 1. The topological polar surface area (TPSA) is 55.3 Å². The van der Waals surface area contributed by atoms with E-state index in [2.05, 4.69) is 9.97 Å². The number of fused-ring (bicyclic) bond motifs is 1. The third-order valence-corrected chi connectivity index (χ3v) is 5.51. The second-order valence-electron chi connectivity index (χ2n) is 6.48. The molecule has 3 rings (SSSR count). The number of nitrogens with zero attached hydrogens (tertiary/aromatic N) is 3. The minimum atomic E-state index is -0.00457. The fourth-order valence-corrected chi connectivity index (χ4v) is 4.16. The largest absolute Gasteiger partial charge is 0.492 e. The molecule has 0 atom stereocenters. The molecule has 2 heterocycles. The number of hydrogen-bond donors (Lipinski definition) is 0. The molecule has 0 aliphatic carbocycles. The molecular formula is C20H23N3O2S. The molecule has 0 fully saturated rings. The lowest BCUT2D eigenvalue weighted by Crippen LogP contribution is -2.30. The number of thiophene rings is 1. The van der Waals surface area contributed by atoms with Gasteiger partial charge in [0, 0.05) is 18.1 Å². The van der Waals surface area contributed by atoms with E-state index < -0.39 is 0 Å².